The molecule has 5 heteroatoms. The number of amides is 2. The van der Waals surface area contributed by atoms with Crippen molar-refractivity contribution in [3.05, 3.63) is 59.4 Å². The second kappa shape index (κ2) is 9.06. The summed E-state index contributed by atoms with van der Waals surface area (Å²) in [7, 11) is 1.79. The second-order valence-electron chi connectivity index (χ2n) is 6.30. The molecule has 0 bridgehead atoms. The Bertz CT molecular complexity index is 703. The van der Waals surface area contributed by atoms with Gasteiger partial charge in [-0.1, -0.05) is 19.1 Å². The van der Waals surface area contributed by atoms with E-state index in [-0.39, 0.29) is 12.1 Å². The van der Waals surface area contributed by atoms with E-state index in [0.29, 0.717) is 13.1 Å². The van der Waals surface area contributed by atoms with Crippen molar-refractivity contribution < 1.29 is 9.53 Å². The molecule has 0 aliphatic rings. The van der Waals surface area contributed by atoms with Gasteiger partial charge in [0.2, 0.25) is 0 Å². The summed E-state index contributed by atoms with van der Waals surface area (Å²) < 4.78 is 5.82. The number of hydrogen-bond acceptors (Lipinski definition) is 3. The maximum Gasteiger partial charge on any atom is 0.317 e. The molecule has 1 heterocycles. The van der Waals surface area contributed by atoms with E-state index in [4.69, 9.17) is 4.74 Å². The van der Waals surface area contributed by atoms with E-state index in [1.165, 1.54) is 0 Å². The van der Waals surface area contributed by atoms with Crippen LogP contribution in [0, 0.1) is 6.92 Å². The summed E-state index contributed by atoms with van der Waals surface area (Å²) in [6, 6.07) is 9.67. The maximum atomic E-state index is 12.3. The average molecular weight is 341 g/mol. The Morgan fingerprint density at radius 3 is 2.88 bits per heavy atom. The molecule has 25 heavy (non-hydrogen) atoms. The number of nitrogens with one attached hydrogen (secondary N) is 1. The van der Waals surface area contributed by atoms with Crippen molar-refractivity contribution in [2.45, 2.75) is 46.4 Å². The van der Waals surface area contributed by atoms with E-state index in [2.05, 4.69) is 17.2 Å². The van der Waals surface area contributed by atoms with Crippen LogP contribution in [0.4, 0.5) is 4.79 Å². The number of hydrogen-bond donors (Lipinski definition) is 1. The standard InChI is InChI=1S/C20H27N3O2/c1-5-16(3)25-19-8-6-7-17(11-19)13-22-20(24)23(4)14-18-9-10-21-12-15(18)2/h6-12,16H,5,13-14H2,1-4H3,(H,22,24)/t16-/m0/s1. The Kier molecular flexibility index (Phi) is 6.81. The van der Waals surface area contributed by atoms with Crippen molar-refractivity contribution >= 4 is 6.03 Å². The first-order valence-corrected chi connectivity index (χ1v) is 8.63. The first-order valence-electron chi connectivity index (χ1n) is 8.63. The van der Waals surface area contributed by atoms with Gasteiger partial charge in [0.25, 0.3) is 0 Å². The van der Waals surface area contributed by atoms with E-state index in [1.807, 2.05) is 50.4 Å². The molecule has 0 aliphatic heterocycles. The minimum atomic E-state index is -0.107. The lowest BCUT2D eigenvalue weighted by molar-refractivity contribution is 0.206. The number of carbonyl (C=O) groups excluding carboxylic acids is 1. The highest BCUT2D eigenvalue weighted by atomic mass is 16.5. The van der Waals surface area contributed by atoms with Crippen molar-refractivity contribution in [3.8, 4) is 5.75 Å². The summed E-state index contributed by atoms with van der Waals surface area (Å²) in [5.74, 6) is 0.835. The number of benzene rings is 1. The Labute approximate surface area is 150 Å². The van der Waals surface area contributed by atoms with Crippen molar-refractivity contribution in [2.24, 2.45) is 0 Å². The Hall–Kier alpha value is -2.56. The summed E-state index contributed by atoms with van der Waals surface area (Å²) in [4.78, 5) is 18.1. The fourth-order valence-corrected chi connectivity index (χ4v) is 2.36. The van der Waals surface area contributed by atoms with Crippen LogP contribution < -0.4 is 10.1 Å². The third-order valence-electron chi connectivity index (χ3n) is 4.15. The molecule has 1 N–H and O–H groups in total. The molecule has 1 atom stereocenters. The Balaban J connectivity index is 1.89. The zero-order valence-electron chi connectivity index (χ0n) is 15.5. The van der Waals surface area contributed by atoms with Crippen LogP contribution >= 0.6 is 0 Å². The lowest BCUT2D eigenvalue weighted by atomic mass is 10.1. The van der Waals surface area contributed by atoms with Gasteiger partial charge in [-0.05, 0) is 55.2 Å². The topological polar surface area (TPSA) is 54.5 Å². The van der Waals surface area contributed by atoms with Crippen molar-refractivity contribution in [2.75, 3.05) is 7.05 Å². The predicted molar refractivity (Wildman–Crippen MR) is 99.5 cm³/mol. The van der Waals surface area contributed by atoms with Gasteiger partial charge in [-0.2, -0.15) is 0 Å². The van der Waals surface area contributed by atoms with Gasteiger partial charge in [-0.25, -0.2) is 4.79 Å². The molecule has 0 fully saturated rings. The molecule has 2 rings (SSSR count). The molecule has 1 aromatic carbocycles. The van der Waals surface area contributed by atoms with E-state index in [0.717, 1.165) is 28.9 Å². The molecule has 5 nitrogen and oxygen atoms in total. The molecule has 2 amide bonds. The third-order valence-corrected chi connectivity index (χ3v) is 4.15. The molecule has 0 unspecified atom stereocenters. The number of carbonyl (C=O) groups is 1. The highest BCUT2D eigenvalue weighted by Crippen LogP contribution is 2.16. The summed E-state index contributed by atoms with van der Waals surface area (Å²) >= 11 is 0. The van der Waals surface area contributed by atoms with Crippen LogP contribution in [-0.2, 0) is 13.1 Å². The van der Waals surface area contributed by atoms with Gasteiger partial charge < -0.3 is 15.0 Å². The number of rotatable bonds is 7. The van der Waals surface area contributed by atoms with Crippen LogP contribution in [0.3, 0.4) is 0 Å². The molecule has 0 aliphatic carbocycles. The van der Waals surface area contributed by atoms with Crippen LogP contribution in [0.25, 0.3) is 0 Å². The van der Waals surface area contributed by atoms with E-state index >= 15 is 0 Å². The Morgan fingerprint density at radius 2 is 2.16 bits per heavy atom. The van der Waals surface area contributed by atoms with Gasteiger partial charge in [-0.3, -0.25) is 4.98 Å². The molecule has 0 saturated carbocycles. The fraction of sp³-hybridized carbons (Fsp3) is 0.400. The largest absolute Gasteiger partial charge is 0.491 e. The van der Waals surface area contributed by atoms with Gasteiger partial charge in [0.05, 0.1) is 6.10 Å². The highest BCUT2D eigenvalue weighted by Gasteiger charge is 2.10. The van der Waals surface area contributed by atoms with Gasteiger partial charge >= 0.3 is 6.03 Å². The van der Waals surface area contributed by atoms with Gasteiger partial charge in [-0.15, -0.1) is 0 Å². The van der Waals surface area contributed by atoms with E-state index in [9.17, 15) is 4.79 Å². The first-order chi connectivity index (χ1) is 12.0. The zero-order chi connectivity index (χ0) is 18.2. The number of pyridine rings is 1. The summed E-state index contributed by atoms with van der Waals surface area (Å²) in [5.41, 5.74) is 3.19. The summed E-state index contributed by atoms with van der Waals surface area (Å²) in [6.45, 7) is 7.16. The third kappa shape index (κ3) is 5.78. The molecule has 134 valence electrons. The quantitative estimate of drug-likeness (QED) is 0.831. The number of urea groups is 1. The highest BCUT2D eigenvalue weighted by molar-refractivity contribution is 5.73. The second-order valence-corrected chi connectivity index (χ2v) is 6.30. The van der Waals surface area contributed by atoms with E-state index in [1.54, 1.807) is 18.1 Å². The van der Waals surface area contributed by atoms with Crippen LogP contribution in [0.2, 0.25) is 0 Å². The molecule has 1 aromatic heterocycles. The molecule has 0 spiro atoms. The summed E-state index contributed by atoms with van der Waals surface area (Å²) in [6.07, 6.45) is 4.69. The number of aromatic nitrogens is 1. The number of nitrogens with zero attached hydrogens (tertiary/aromatic N) is 2. The maximum absolute atomic E-state index is 12.3. The smallest absolute Gasteiger partial charge is 0.317 e. The zero-order valence-corrected chi connectivity index (χ0v) is 15.5. The van der Waals surface area contributed by atoms with Gasteiger partial charge in [0, 0.05) is 32.5 Å². The lowest BCUT2D eigenvalue weighted by Gasteiger charge is -2.19. The summed E-state index contributed by atoms with van der Waals surface area (Å²) in [5, 5.41) is 2.95. The fourth-order valence-electron chi connectivity index (χ4n) is 2.36. The van der Waals surface area contributed by atoms with Crippen LogP contribution in [0.5, 0.6) is 5.75 Å². The van der Waals surface area contributed by atoms with Crippen LogP contribution in [-0.4, -0.2) is 29.1 Å². The van der Waals surface area contributed by atoms with Crippen LogP contribution in [0.1, 0.15) is 37.0 Å². The normalized spacial score (nSPS) is 11.7. The molecule has 0 radical (unpaired) electrons. The molecular formula is C20H27N3O2. The number of ether oxygens (including phenoxy) is 1. The van der Waals surface area contributed by atoms with Gasteiger partial charge in [0.1, 0.15) is 5.75 Å². The molecule has 2 aromatic rings. The minimum absolute atomic E-state index is 0.107. The monoisotopic (exact) mass is 341 g/mol. The molecule has 0 saturated heterocycles. The Morgan fingerprint density at radius 1 is 1.36 bits per heavy atom. The average Bonchev–Trinajstić information content (AvgIpc) is 2.61. The van der Waals surface area contributed by atoms with Crippen LogP contribution in [0.15, 0.2) is 42.7 Å². The first kappa shape index (κ1) is 18.8. The van der Waals surface area contributed by atoms with Crippen molar-refractivity contribution in [1.29, 1.82) is 0 Å². The van der Waals surface area contributed by atoms with Crippen molar-refractivity contribution in [1.82, 2.24) is 15.2 Å². The molecular weight excluding hydrogens is 314 g/mol. The van der Waals surface area contributed by atoms with E-state index < -0.39 is 0 Å². The predicted octanol–water partition coefficient (Wildman–Crippen LogP) is 3.91. The van der Waals surface area contributed by atoms with Crippen molar-refractivity contribution in [3.63, 3.8) is 0 Å². The van der Waals surface area contributed by atoms with Gasteiger partial charge in [0.15, 0.2) is 0 Å². The SMILES string of the molecule is CC[C@H](C)Oc1cccc(CNC(=O)N(C)Cc2ccncc2C)c1. The lowest BCUT2D eigenvalue weighted by Crippen LogP contribution is -2.36. The minimum Gasteiger partial charge on any atom is -0.491 e. The number of aryl methyl sites for hydroxylation is 1.